The molecule has 2 aliphatic rings. The molecule has 0 radical (unpaired) electrons. The standard InChI is InChI=1S/C24H33Cl2N3O4/c1-14-9-17(21(25)26)13-29(14)22(31)20(24(2,3)4)28-23(32)27-12-19(30)33-18-10-15-7-5-6-8-16(15)11-18/h5-8,14,17-18,20-21H,9-13H2,1-4H3,(H2,27,28,32)/t14-,17?,20?/m1/s1. The maximum Gasteiger partial charge on any atom is 0.325 e. The fourth-order valence-corrected chi connectivity index (χ4v) is 4.91. The molecule has 2 unspecified atom stereocenters. The van der Waals surface area contributed by atoms with Crippen molar-refractivity contribution >= 4 is 41.1 Å². The third kappa shape index (κ3) is 6.54. The molecule has 1 saturated heterocycles. The van der Waals surface area contributed by atoms with Crippen LogP contribution in [0.5, 0.6) is 0 Å². The number of carbonyl (C=O) groups is 3. The zero-order chi connectivity index (χ0) is 24.3. The van der Waals surface area contributed by atoms with Gasteiger partial charge >= 0.3 is 12.0 Å². The summed E-state index contributed by atoms with van der Waals surface area (Å²) in [6.45, 7) is 7.77. The van der Waals surface area contributed by atoms with Crippen molar-refractivity contribution in [1.29, 1.82) is 0 Å². The zero-order valence-electron chi connectivity index (χ0n) is 19.6. The van der Waals surface area contributed by atoms with E-state index in [4.69, 9.17) is 27.9 Å². The monoisotopic (exact) mass is 497 g/mol. The Hall–Kier alpha value is -1.99. The van der Waals surface area contributed by atoms with E-state index in [1.807, 2.05) is 52.0 Å². The van der Waals surface area contributed by atoms with E-state index in [1.54, 1.807) is 4.90 Å². The summed E-state index contributed by atoms with van der Waals surface area (Å²) < 4.78 is 5.51. The van der Waals surface area contributed by atoms with Gasteiger partial charge in [0.2, 0.25) is 5.91 Å². The van der Waals surface area contributed by atoms with Crippen LogP contribution in [0.25, 0.3) is 0 Å². The number of rotatable bonds is 6. The van der Waals surface area contributed by atoms with Crippen LogP contribution in [0.4, 0.5) is 4.79 Å². The van der Waals surface area contributed by atoms with Crippen LogP contribution in [0, 0.1) is 11.3 Å². The molecular formula is C24H33Cl2N3O4. The minimum Gasteiger partial charge on any atom is -0.460 e. The lowest BCUT2D eigenvalue weighted by Crippen LogP contribution is -2.57. The molecule has 1 aromatic rings. The summed E-state index contributed by atoms with van der Waals surface area (Å²) in [4.78, 5) is 39.3. The van der Waals surface area contributed by atoms with E-state index in [0.29, 0.717) is 25.8 Å². The van der Waals surface area contributed by atoms with E-state index in [9.17, 15) is 14.4 Å². The first-order valence-corrected chi connectivity index (χ1v) is 12.2. The number of nitrogens with one attached hydrogen (secondary N) is 2. The molecule has 7 nitrogen and oxygen atoms in total. The first kappa shape index (κ1) is 25.6. The number of ether oxygens (including phenoxy) is 1. The van der Waals surface area contributed by atoms with Crippen molar-refractivity contribution in [3.05, 3.63) is 35.4 Å². The highest BCUT2D eigenvalue weighted by Gasteiger charge is 2.42. The van der Waals surface area contributed by atoms with Crippen molar-refractivity contribution < 1.29 is 19.1 Å². The predicted molar refractivity (Wildman–Crippen MR) is 128 cm³/mol. The Labute approximate surface area is 205 Å². The van der Waals surface area contributed by atoms with Gasteiger partial charge in [0.05, 0.1) is 0 Å². The lowest BCUT2D eigenvalue weighted by atomic mass is 9.85. The second-order valence-electron chi connectivity index (χ2n) is 10.1. The Morgan fingerprint density at radius 2 is 1.76 bits per heavy atom. The molecular weight excluding hydrogens is 465 g/mol. The minimum atomic E-state index is -0.775. The second-order valence-corrected chi connectivity index (χ2v) is 11.2. The molecule has 3 rings (SSSR count). The third-order valence-corrected chi connectivity index (χ3v) is 7.05. The summed E-state index contributed by atoms with van der Waals surface area (Å²) in [7, 11) is 0. The third-order valence-electron chi connectivity index (χ3n) is 6.34. The van der Waals surface area contributed by atoms with Gasteiger partial charge in [0.25, 0.3) is 0 Å². The topological polar surface area (TPSA) is 87.7 Å². The molecule has 1 aliphatic carbocycles. The number of carbonyl (C=O) groups excluding carboxylic acids is 3. The highest BCUT2D eigenvalue weighted by molar-refractivity contribution is 6.44. The van der Waals surface area contributed by atoms with Crippen LogP contribution in [0.1, 0.15) is 45.2 Å². The molecule has 0 spiro atoms. The van der Waals surface area contributed by atoms with Gasteiger partial charge in [-0.3, -0.25) is 9.59 Å². The van der Waals surface area contributed by atoms with Crippen molar-refractivity contribution in [1.82, 2.24) is 15.5 Å². The summed E-state index contributed by atoms with van der Waals surface area (Å²) in [5.74, 6) is -0.695. The van der Waals surface area contributed by atoms with E-state index in [-0.39, 0.29) is 30.5 Å². The van der Waals surface area contributed by atoms with E-state index >= 15 is 0 Å². The normalized spacial score (nSPS) is 21.6. The molecule has 0 aromatic heterocycles. The van der Waals surface area contributed by atoms with Crippen LogP contribution in [0.3, 0.4) is 0 Å². The van der Waals surface area contributed by atoms with Crippen molar-refractivity contribution in [3.63, 3.8) is 0 Å². The largest absolute Gasteiger partial charge is 0.460 e. The first-order chi connectivity index (χ1) is 15.5. The number of amides is 3. The van der Waals surface area contributed by atoms with E-state index in [1.165, 1.54) is 11.1 Å². The number of hydrogen-bond donors (Lipinski definition) is 2. The van der Waals surface area contributed by atoms with Gasteiger partial charge in [0, 0.05) is 31.3 Å². The summed E-state index contributed by atoms with van der Waals surface area (Å²) in [6, 6.07) is 6.60. The maximum atomic E-state index is 13.3. The summed E-state index contributed by atoms with van der Waals surface area (Å²) in [5.41, 5.74) is 1.82. The van der Waals surface area contributed by atoms with Gasteiger partial charge in [0.1, 0.15) is 23.5 Å². The van der Waals surface area contributed by atoms with Gasteiger partial charge in [-0.05, 0) is 29.9 Å². The molecule has 1 fully saturated rings. The maximum absolute atomic E-state index is 13.3. The number of urea groups is 1. The van der Waals surface area contributed by atoms with Gasteiger partial charge in [-0.15, -0.1) is 23.2 Å². The molecule has 2 N–H and O–H groups in total. The first-order valence-electron chi connectivity index (χ1n) is 11.3. The number of halogens is 2. The number of nitrogens with zero attached hydrogens (tertiary/aromatic N) is 1. The van der Waals surface area contributed by atoms with Crippen LogP contribution < -0.4 is 10.6 Å². The Balaban J connectivity index is 1.51. The summed E-state index contributed by atoms with van der Waals surface area (Å²) in [5, 5.41) is 5.27. The van der Waals surface area contributed by atoms with Crippen LogP contribution in [0.2, 0.25) is 0 Å². The number of fused-ring (bicyclic) bond motifs is 1. The Kier molecular flexibility index (Phi) is 8.17. The molecule has 1 aliphatic heterocycles. The van der Waals surface area contributed by atoms with Crippen molar-refractivity contribution in [2.24, 2.45) is 11.3 Å². The van der Waals surface area contributed by atoms with Gasteiger partial charge < -0.3 is 20.3 Å². The van der Waals surface area contributed by atoms with Gasteiger partial charge in [-0.1, -0.05) is 45.0 Å². The van der Waals surface area contributed by atoms with E-state index in [0.717, 1.165) is 0 Å². The molecule has 9 heteroatoms. The Morgan fingerprint density at radius 3 is 2.27 bits per heavy atom. The quantitative estimate of drug-likeness (QED) is 0.465. The lowest BCUT2D eigenvalue weighted by molar-refractivity contribution is -0.147. The highest BCUT2D eigenvalue weighted by Crippen LogP contribution is 2.32. The molecule has 3 atom stereocenters. The lowest BCUT2D eigenvalue weighted by Gasteiger charge is -2.35. The van der Waals surface area contributed by atoms with Crippen molar-refractivity contribution in [3.8, 4) is 0 Å². The Morgan fingerprint density at radius 1 is 1.15 bits per heavy atom. The predicted octanol–water partition coefficient (Wildman–Crippen LogP) is 3.45. The van der Waals surface area contributed by atoms with Gasteiger partial charge in [-0.25, -0.2) is 4.79 Å². The van der Waals surface area contributed by atoms with Crippen molar-refractivity contribution in [2.45, 2.75) is 70.0 Å². The van der Waals surface area contributed by atoms with Crippen LogP contribution in [-0.2, 0) is 27.2 Å². The molecule has 1 aromatic carbocycles. The molecule has 33 heavy (non-hydrogen) atoms. The van der Waals surface area contributed by atoms with Gasteiger partial charge in [0.15, 0.2) is 0 Å². The number of benzene rings is 1. The fraction of sp³-hybridized carbons (Fsp3) is 0.625. The van der Waals surface area contributed by atoms with Crippen molar-refractivity contribution in [2.75, 3.05) is 13.1 Å². The van der Waals surface area contributed by atoms with Gasteiger partial charge in [-0.2, -0.15) is 0 Å². The average molecular weight is 498 g/mol. The SMILES string of the molecule is C[C@@H]1CC(C(Cl)Cl)CN1C(=O)C(NC(=O)NCC(=O)OC1Cc2ccccc2C1)C(C)(C)C. The summed E-state index contributed by atoms with van der Waals surface area (Å²) >= 11 is 12.1. The molecule has 1 heterocycles. The van der Waals surface area contributed by atoms with E-state index in [2.05, 4.69) is 10.6 Å². The zero-order valence-corrected chi connectivity index (χ0v) is 21.1. The minimum absolute atomic E-state index is 0.00164. The van der Waals surface area contributed by atoms with Crippen LogP contribution in [-0.4, -0.2) is 58.9 Å². The number of hydrogen-bond acceptors (Lipinski definition) is 4. The molecule has 0 saturated carbocycles. The van der Waals surface area contributed by atoms with E-state index < -0.39 is 28.3 Å². The molecule has 0 bridgehead atoms. The number of likely N-dealkylation sites (tertiary alicyclic amines) is 1. The fourth-order valence-electron chi connectivity index (χ4n) is 4.54. The molecule has 3 amide bonds. The molecule has 182 valence electrons. The Bertz CT molecular complexity index is 862. The van der Waals surface area contributed by atoms with Crippen LogP contribution >= 0.6 is 23.2 Å². The highest BCUT2D eigenvalue weighted by atomic mass is 35.5. The average Bonchev–Trinajstić information content (AvgIpc) is 3.32. The number of esters is 1. The van der Waals surface area contributed by atoms with Crippen LogP contribution in [0.15, 0.2) is 24.3 Å². The smallest absolute Gasteiger partial charge is 0.325 e. The summed E-state index contributed by atoms with van der Waals surface area (Å²) in [6.07, 6.45) is 1.84. The second kappa shape index (κ2) is 10.5. The number of alkyl halides is 2.